The molecule has 0 bridgehead atoms. The number of nitrogens with two attached hydrogens (primary N) is 1. The Labute approximate surface area is 70.6 Å². The van der Waals surface area contributed by atoms with Gasteiger partial charge in [0.1, 0.15) is 6.54 Å². The number of primary amides is 1. The van der Waals surface area contributed by atoms with Crippen molar-refractivity contribution in [3.05, 3.63) is 12.4 Å². The van der Waals surface area contributed by atoms with Crippen LogP contribution >= 0.6 is 0 Å². The Morgan fingerprint density at radius 2 is 2.50 bits per heavy atom. The van der Waals surface area contributed by atoms with E-state index in [2.05, 4.69) is 5.10 Å². The third kappa shape index (κ3) is 2.14. The lowest BCUT2D eigenvalue weighted by molar-refractivity contribution is -0.118. The molecule has 0 aliphatic carbocycles. The van der Waals surface area contributed by atoms with Gasteiger partial charge in [-0.05, 0) is 11.1 Å². The number of carbonyl (C=O) groups excluding carboxylic acids is 1. The van der Waals surface area contributed by atoms with Crippen LogP contribution in [0.4, 0.5) is 0 Å². The van der Waals surface area contributed by atoms with Gasteiger partial charge in [0.25, 0.3) is 0 Å². The number of hydrogen-bond acceptors (Lipinski definition) is 4. The van der Waals surface area contributed by atoms with Crippen molar-refractivity contribution >= 4 is 17.0 Å². The second-order valence-electron chi connectivity index (χ2n) is 2.07. The molecule has 0 saturated heterocycles. The fourth-order valence-corrected chi connectivity index (χ4v) is 1.02. The number of aromatic nitrogens is 2. The van der Waals surface area contributed by atoms with E-state index in [1.807, 2.05) is 0 Å². The Kier molecular flexibility index (Phi) is 2.56. The van der Waals surface area contributed by atoms with Crippen molar-refractivity contribution in [3.63, 3.8) is 0 Å². The fraction of sp³-hybridized carbons (Fsp3) is 0.200. The Bertz CT molecular complexity index is 321. The summed E-state index contributed by atoms with van der Waals surface area (Å²) in [5, 5.41) is 3.60. The van der Waals surface area contributed by atoms with Gasteiger partial charge in [-0.2, -0.15) is 5.10 Å². The van der Waals surface area contributed by atoms with E-state index in [9.17, 15) is 13.6 Å². The van der Waals surface area contributed by atoms with Gasteiger partial charge in [0.2, 0.25) is 5.91 Å². The van der Waals surface area contributed by atoms with Gasteiger partial charge in [-0.25, -0.2) is 0 Å². The van der Waals surface area contributed by atoms with Crippen molar-refractivity contribution in [1.29, 1.82) is 0 Å². The molecule has 1 amide bonds. The highest BCUT2D eigenvalue weighted by Gasteiger charge is 2.00. The molecule has 7 heteroatoms. The first-order valence-corrected chi connectivity index (χ1v) is 4.07. The van der Waals surface area contributed by atoms with Gasteiger partial charge in [-0.3, -0.25) is 13.7 Å². The Morgan fingerprint density at radius 3 is 2.92 bits per heavy atom. The van der Waals surface area contributed by atoms with Crippen molar-refractivity contribution in [2.75, 3.05) is 0 Å². The first kappa shape index (κ1) is 8.88. The Balaban J connectivity index is 2.77. The highest BCUT2D eigenvalue weighted by molar-refractivity contribution is 7.79. The summed E-state index contributed by atoms with van der Waals surface area (Å²) >= 11 is -2.31. The first-order chi connectivity index (χ1) is 5.59. The topological polar surface area (TPSA) is 101 Å². The number of rotatable bonds is 3. The second kappa shape index (κ2) is 3.46. The molecule has 0 aliphatic rings. The molecule has 1 unspecified atom stereocenters. The molecule has 0 saturated carbocycles. The monoisotopic (exact) mass is 188 g/mol. The van der Waals surface area contributed by atoms with Crippen LogP contribution in [0, 0.1) is 0 Å². The summed E-state index contributed by atoms with van der Waals surface area (Å²) in [6, 6.07) is 0. The lowest BCUT2D eigenvalue weighted by Crippen LogP contribution is -2.18. The molecule has 0 radical (unpaired) electrons. The van der Waals surface area contributed by atoms with E-state index in [1.165, 1.54) is 6.20 Å². The maximum atomic E-state index is 10.4. The molecule has 6 nitrogen and oxygen atoms in total. The normalized spacial score (nSPS) is 12.8. The van der Waals surface area contributed by atoms with E-state index in [0.717, 1.165) is 10.9 Å². The van der Waals surface area contributed by atoms with E-state index in [-0.39, 0.29) is 11.4 Å². The van der Waals surface area contributed by atoms with Gasteiger partial charge in [0.15, 0.2) is 0 Å². The average molecular weight is 188 g/mol. The minimum atomic E-state index is -2.31. The van der Waals surface area contributed by atoms with Gasteiger partial charge in [0.05, 0.1) is 11.1 Å². The summed E-state index contributed by atoms with van der Waals surface area (Å²) < 4.78 is 21.8. The summed E-state index contributed by atoms with van der Waals surface area (Å²) in [7, 11) is 0. The molecule has 1 aromatic heterocycles. The molecular formula is C5H6N3O3S-. The van der Waals surface area contributed by atoms with Gasteiger partial charge in [-0.15, -0.1) is 0 Å². The predicted octanol–water partition coefficient (Wildman–Crippen LogP) is -1.39. The zero-order chi connectivity index (χ0) is 9.14. The SMILES string of the molecule is NC(=O)Cn1cc(S(=O)[O-])cn1. The Hall–Kier alpha value is -1.21. The standard InChI is InChI=1S/C5H7N3O3S/c6-5(9)3-8-2-4(1-7-8)12(10)11/h1-2H,3H2,(H2,6,9)(H,10,11)/p-1. The van der Waals surface area contributed by atoms with Gasteiger partial charge in [0, 0.05) is 6.20 Å². The van der Waals surface area contributed by atoms with Crippen LogP contribution in [0.25, 0.3) is 0 Å². The molecule has 2 N–H and O–H groups in total. The van der Waals surface area contributed by atoms with Crippen molar-refractivity contribution in [2.24, 2.45) is 5.73 Å². The van der Waals surface area contributed by atoms with E-state index >= 15 is 0 Å². The largest absolute Gasteiger partial charge is 0.768 e. The van der Waals surface area contributed by atoms with E-state index in [1.54, 1.807) is 0 Å². The molecule has 1 aromatic rings. The summed E-state index contributed by atoms with van der Waals surface area (Å²) in [6.45, 7) is -0.114. The zero-order valence-corrected chi connectivity index (χ0v) is 6.78. The van der Waals surface area contributed by atoms with Crippen LogP contribution in [0.1, 0.15) is 0 Å². The smallest absolute Gasteiger partial charge is 0.239 e. The van der Waals surface area contributed by atoms with E-state index in [0.29, 0.717) is 0 Å². The van der Waals surface area contributed by atoms with Crippen LogP contribution in [0.3, 0.4) is 0 Å². The maximum Gasteiger partial charge on any atom is 0.239 e. The zero-order valence-electron chi connectivity index (χ0n) is 5.97. The van der Waals surface area contributed by atoms with Gasteiger partial charge in [-0.1, -0.05) is 0 Å². The third-order valence-electron chi connectivity index (χ3n) is 1.12. The van der Waals surface area contributed by atoms with Crippen LogP contribution in [-0.4, -0.2) is 24.4 Å². The lowest BCUT2D eigenvalue weighted by atomic mass is 10.6. The highest BCUT2D eigenvalue weighted by Crippen LogP contribution is 2.00. The van der Waals surface area contributed by atoms with Crippen molar-refractivity contribution < 1.29 is 13.6 Å². The van der Waals surface area contributed by atoms with Crippen molar-refractivity contribution in [1.82, 2.24) is 9.78 Å². The molecule has 0 fully saturated rings. The minimum Gasteiger partial charge on any atom is -0.768 e. The lowest BCUT2D eigenvalue weighted by Gasteiger charge is -1.98. The molecule has 12 heavy (non-hydrogen) atoms. The molecule has 0 aliphatic heterocycles. The summed E-state index contributed by atoms with van der Waals surface area (Å²) in [5.41, 5.74) is 4.86. The molecule has 1 heterocycles. The fourth-order valence-electron chi connectivity index (χ4n) is 0.677. The van der Waals surface area contributed by atoms with Gasteiger partial charge >= 0.3 is 0 Å². The van der Waals surface area contributed by atoms with E-state index in [4.69, 9.17) is 5.73 Å². The number of carbonyl (C=O) groups is 1. The summed E-state index contributed by atoms with van der Waals surface area (Å²) in [6.07, 6.45) is 2.37. The molecule has 0 spiro atoms. The summed E-state index contributed by atoms with van der Waals surface area (Å²) in [5.74, 6) is -0.568. The minimum absolute atomic E-state index is 0.0382. The van der Waals surface area contributed by atoms with E-state index < -0.39 is 17.0 Å². The van der Waals surface area contributed by atoms with Crippen LogP contribution in [0.15, 0.2) is 17.3 Å². The second-order valence-corrected chi connectivity index (χ2v) is 3.02. The predicted molar refractivity (Wildman–Crippen MR) is 38.6 cm³/mol. The third-order valence-corrected chi connectivity index (χ3v) is 1.72. The molecular weight excluding hydrogens is 182 g/mol. The number of hydrogen-bond donors (Lipinski definition) is 1. The summed E-state index contributed by atoms with van der Waals surface area (Å²) in [4.78, 5) is 10.4. The van der Waals surface area contributed by atoms with Crippen molar-refractivity contribution in [3.8, 4) is 0 Å². The average Bonchev–Trinajstić information content (AvgIpc) is 2.34. The molecule has 1 atom stereocenters. The Morgan fingerprint density at radius 1 is 1.83 bits per heavy atom. The highest BCUT2D eigenvalue weighted by atomic mass is 32.2. The number of amides is 1. The van der Waals surface area contributed by atoms with Crippen LogP contribution in [-0.2, 0) is 22.4 Å². The van der Waals surface area contributed by atoms with Gasteiger partial charge < -0.3 is 10.3 Å². The van der Waals surface area contributed by atoms with Crippen molar-refractivity contribution in [2.45, 2.75) is 11.4 Å². The number of nitrogens with zero attached hydrogens (tertiary/aromatic N) is 2. The molecule has 0 aromatic carbocycles. The van der Waals surface area contributed by atoms with Crippen LogP contribution < -0.4 is 5.73 Å². The molecule has 66 valence electrons. The van der Waals surface area contributed by atoms with Crippen LogP contribution in [0.2, 0.25) is 0 Å². The van der Waals surface area contributed by atoms with Crippen LogP contribution in [0.5, 0.6) is 0 Å². The molecule has 1 rings (SSSR count). The maximum absolute atomic E-state index is 10.4. The quantitative estimate of drug-likeness (QED) is 0.590. The first-order valence-electron chi connectivity index (χ1n) is 2.99.